The zero-order valence-electron chi connectivity index (χ0n) is 19.7. The Morgan fingerprint density at radius 1 is 1.09 bits per heavy atom. The van der Waals surface area contributed by atoms with Crippen LogP contribution >= 0.6 is 0 Å². The van der Waals surface area contributed by atoms with Gasteiger partial charge in [0.15, 0.2) is 9.84 Å². The van der Waals surface area contributed by atoms with Gasteiger partial charge in [-0.1, -0.05) is 24.3 Å². The van der Waals surface area contributed by atoms with E-state index in [2.05, 4.69) is 10.0 Å². The van der Waals surface area contributed by atoms with Crippen LogP contribution < -0.4 is 19.5 Å². The summed E-state index contributed by atoms with van der Waals surface area (Å²) in [5, 5.41) is 12.3. The highest BCUT2D eigenvalue weighted by molar-refractivity contribution is 7.90. The van der Waals surface area contributed by atoms with Crippen LogP contribution in [0.4, 0.5) is 4.79 Å². The number of hydrogen-bond donors (Lipinski definition) is 4. The van der Waals surface area contributed by atoms with E-state index in [-0.39, 0.29) is 17.5 Å². The third-order valence-electron chi connectivity index (χ3n) is 6.39. The van der Waals surface area contributed by atoms with E-state index in [1.54, 1.807) is 31.4 Å². The highest BCUT2D eigenvalue weighted by Gasteiger charge is 2.38. The molecule has 0 radical (unpaired) electrons. The highest BCUT2D eigenvalue weighted by Crippen LogP contribution is 2.40. The van der Waals surface area contributed by atoms with Crippen molar-refractivity contribution in [3.8, 4) is 5.75 Å². The number of carboxylic acid groups (broad SMARTS) is 1. The van der Waals surface area contributed by atoms with E-state index in [0.717, 1.165) is 24.0 Å². The predicted molar refractivity (Wildman–Crippen MR) is 131 cm³/mol. The summed E-state index contributed by atoms with van der Waals surface area (Å²) in [4.78, 5) is 11.1. The lowest BCUT2D eigenvalue weighted by molar-refractivity contribution is 0.200. The van der Waals surface area contributed by atoms with Crippen molar-refractivity contribution in [3.05, 3.63) is 59.7 Å². The first-order chi connectivity index (χ1) is 16.4. The van der Waals surface area contributed by atoms with Crippen molar-refractivity contribution >= 4 is 26.1 Å². The van der Waals surface area contributed by atoms with Crippen molar-refractivity contribution in [1.29, 1.82) is 0 Å². The lowest BCUT2D eigenvalue weighted by Gasteiger charge is -2.41. The van der Waals surface area contributed by atoms with Crippen LogP contribution in [0.1, 0.15) is 36.8 Å². The van der Waals surface area contributed by atoms with Gasteiger partial charge in [-0.3, -0.25) is 0 Å². The average Bonchev–Trinajstić information content (AvgIpc) is 2.81. The predicted octanol–water partition coefficient (Wildman–Crippen LogP) is 2.17. The normalized spacial score (nSPS) is 20.8. The number of ether oxygens (including phenoxy) is 1. The van der Waals surface area contributed by atoms with Crippen LogP contribution in [0.3, 0.4) is 0 Å². The molecule has 12 heteroatoms. The van der Waals surface area contributed by atoms with Crippen LogP contribution in [0.25, 0.3) is 0 Å². The highest BCUT2D eigenvalue weighted by atomic mass is 32.2. The van der Waals surface area contributed by atoms with Gasteiger partial charge in [-0.05, 0) is 61.1 Å². The maximum absolute atomic E-state index is 12.1. The first-order valence-corrected chi connectivity index (χ1v) is 14.5. The summed E-state index contributed by atoms with van der Waals surface area (Å²) < 4.78 is 56.8. The van der Waals surface area contributed by atoms with Gasteiger partial charge in [-0.25, -0.2) is 17.9 Å². The van der Waals surface area contributed by atoms with E-state index in [9.17, 15) is 21.6 Å². The van der Waals surface area contributed by atoms with Crippen LogP contribution in [0.2, 0.25) is 0 Å². The molecule has 1 fully saturated rings. The summed E-state index contributed by atoms with van der Waals surface area (Å²) in [7, 11) is -5.88. The minimum Gasteiger partial charge on any atom is -0.497 e. The molecule has 0 unspecified atom stereocenters. The van der Waals surface area contributed by atoms with Crippen LogP contribution in [0.15, 0.2) is 53.4 Å². The molecular weight excluding hydrogens is 494 g/mol. The van der Waals surface area contributed by atoms with Crippen molar-refractivity contribution in [2.45, 2.75) is 48.6 Å². The quantitative estimate of drug-likeness (QED) is 0.368. The number of nitrogens with one attached hydrogen (secondary N) is 3. The number of rotatable bonds is 10. The molecule has 1 saturated carbocycles. The number of amides is 1. The SMILES string of the molecule is COc1cccc([C@]2(CNS(=O)(=O)NC(=O)O)CC[C@@H](NCc3ccc(S(C)(=O)=O)cc3)CC2)c1. The Bertz CT molecular complexity index is 1240. The molecule has 35 heavy (non-hydrogen) atoms. The van der Waals surface area contributed by atoms with Crippen molar-refractivity contribution in [3.63, 3.8) is 0 Å². The van der Waals surface area contributed by atoms with Gasteiger partial charge in [0.25, 0.3) is 0 Å². The smallest absolute Gasteiger partial charge is 0.419 e. The first-order valence-electron chi connectivity index (χ1n) is 11.1. The fourth-order valence-electron chi connectivity index (χ4n) is 4.40. The fourth-order valence-corrected chi connectivity index (χ4v) is 5.79. The molecule has 0 heterocycles. The van der Waals surface area contributed by atoms with Gasteiger partial charge in [0.1, 0.15) is 5.75 Å². The van der Waals surface area contributed by atoms with Gasteiger partial charge in [0.2, 0.25) is 0 Å². The van der Waals surface area contributed by atoms with Crippen LogP contribution in [0, 0.1) is 0 Å². The molecule has 2 aromatic carbocycles. The molecule has 0 atom stereocenters. The van der Waals surface area contributed by atoms with Gasteiger partial charge in [-0.2, -0.15) is 13.1 Å². The lowest BCUT2D eigenvalue weighted by Crippen LogP contribution is -2.49. The summed E-state index contributed by atoms with van der Waals surface area (Å²) in [5.74, 6) is 0.659. The molecule has 192 valence electrons. The van der Waals surface area contributed by atoms with Gasteiger partial charge < -0.3 is 15.2 Å². The topological polar surface area (TPSA) is 151 Å². The molecule has 0 aliphatic heterocycles. The van der Waals surface area contributed by atoms with Crippen molar-refractivity contribution < 1.29 is 31.5 Å². The van der Waals surface area contributed by atoms with Crippen LogP contribution in [0.5, 0.6) is 5.75 Å². The summed E-state index contributed by atoms with van der Waals surface area (Å²) in [6, 6.07) is 14.4. The Hall–Kier alpha value is -2.67. The van der Waals surface area contributed by atoms with E-state index in [4.69, 9.17) is 9.84 Å². The Balaban J connectivity index is 1.69. The molecule has 2 aromatic rings. The van der Waals surface area contributed by atoms with E-state index >= 15 is 0 Å². The Kier molecular flexibility index (Phi) is 8.42. The van der Waals surface area contributed by atoms with Gasteiger partial charge >= 0.3 is 16.3 Å². The minimum absolute atomic E-state index is 0.0441. The van der Waals surface area contributed by atoms with E-state index in [1.165, 1.54) is 11.0 Å². The zero-order chi connectivity index (χ0) is 25.7. The standard InChI is InChI=1S/C23H31N3O7S2/c1-33-20-5-3-4-18(14-20)23(16-25-35(31,32)26-22(27)28)12-10-19(11-13-23)24-15-17-6-8-21(9-7-17)34(2,29)30/h3-9,14,19,24-26H,10-13,15-16H2,1-2H3,(H,27,28)/t19-,23-. The summed E-state index contributed by atoms with van der Waals surface area (Å²) in [6.07, 6.45) is 2.40. The third kappa shape index (κ3) is 7.40. The van der Waals surface area contributed by atoms with Gasteiger partial charge in [-0.15, -0.1) is 0 Å². The van der Waals surface area contributed by atoms with Crippen molar-refractivity contribution in [2.24, 2.45) is 0 Å². The second-order valence-electron chi connectivity index (χ2n) is 8.82. The average molecular weight is 526 g/mol. The molecular formula is C23H31N3O7S2. The number of hydrogen-bond acceptors (Lipinski definition) is 7. The fraction of sp³-hybridized carbons (Fsp3) is 0.435. The zero-order valence-corrected chi connectivity index (χ0v) is 21.3. The number of benzene rings is 2. The lowest BCUT2D eigenvalue weighted by atomic mass is 9.68. The van der Waals surface area contributed by atoms with Crippen LogP contribution in [-0.2, 0) is 32.0 Å². The number of carbonyl (C=O) groups is 1. The summed E-state index contributed by atoms with van der Waals surface area (Å²) in [6.45, 7) is 0.623. The second-order valence-corrected chi connectivity index (χ2v) is 12.3. The number of methoxy groups -OCH3 is 1. The summed E-state index contributed by atoms with van der Waals surface area (Å²) in [5.41, 5.74) is 1.36. The van der Waals surface area contributed by atoms with Gasteiger partial charge in [0.05, 0.1) is 12.0 Å². The monoisotopic (exact) mass is 525 g/mol. The Labute approximate surface area is 206 Å². The van der Waals surface area contributed by atoms with E-state index in [1.807, 2.05) is 24.3 Å². The molecule has 0 spiro atoms. The molecule has 3 rings (SSSR count). The van der Waals surface area contributed by atoms with Crippen LogP contribution in [-0.4, -0.2) is 54.0 Å². The molecule has 1 amide bonds. The second kappa shape index (κ2) is 10.9. The Morgan fingerprint density at radius 2 is 1.74 bits per heavy atom. The largest absolute Gasteiger partial charge is 0.497 e. The molecule has 4 N–H and O–H groups in total. The third-order valence-corrected chi connectivity index (χ3v) is 8.49. The molecule has 0 bridgehead atoms. The molecule has 0 aromatic heterocycles. The Morgan fingerprint density at radius 3 is 2.31 bits per heavy atom. The molecule has 1 aliphatic rings. The van der Waals surface area contributed by atoms with Crippen molar-refractivity contribution in [2.75, 3.05) is 19.9 Å². The minimum atomic E-state index is -4.21. The first kappa shape index (κ1) is 26.9. The molecule has 10 nitrogen and oxygen atoms in total. The summed E-state index contributed by atoms with van der Waals surface area (Å²) >= 11 is 0. The van der Waals surface area contributed by atoms with Crippen molar-refractivity contribution in [1.82, 2.24) is 14.8 Å². The van der Waals surface area contributed by atoms with Gasteiger partial charge in [0, 0.05) is 30.8 Å². The molecule has 1 aliphatic carbocycles. The van der Waals surface area contributed by atoms with E-state index < -0.39 is 31.6 Å². The maximum atomic E-state index is 12.1. The molecule has 0 saturated heterocycles. The maximum Gasteiger partial charge on any atom is 0.419 e. The van der Waals surface area contributed by atoms with E-state index in [0.29, 0.717) is 25.1 Å². The number of sulfone groups is 1.